The summed E-state index contributed by atoms with van der Waals surface area (Å²) in [6.07, 6.45) is 6.99. The van der Waals surface area contributed by atoms with Crippen molar-refractivity contribution in [1.82, 2.24) is 5.32 Å². The van der Waals surface area contributed by atoms with E-state index in [0.29, 0.717) is 11.5 Å². The van der Waals surface area contributed by atoms with Gasteiger partial charge in [-0.2, -0.15) is 0 Å². The molecule has 1 aromatic rings. The monoisotopic (exact) mass is 259 g/mol. The Morgan fingerprint density at radius 3 is 2.42 bits per heavy atom. The highest BCUT2D eigenvalue weighted by Crippen LogP contribution is 2.61. The molecule has 2 nitrogen and oxygen atoms in total. The van der Waals surface area contributed by atoms with Crippen LogP contribution >= 0.6 is 0 Å². The fraction of sp³-hybridized carbons (Fsp3) is 0.647. The first kappa shape index (κ1) is 13.0. The summed E-state index contributed by atoms with van der Waals surface area (Å²) in [5.74, 6) is 1.98. The Kier molecular flexibility index (Phi) is 3.53. The quantitative estimate of drug-likeness (QED) is 0.801. The Labute approximate surface area is 116 Å². The third-order valence-corrected chi connectivity index (χ3v) is 4.96. The number of benzene rings is 1. The smallest absolute Gasteiger partial charge is 0.118 e. The first-order chi connectivity index (χ1) is 9.27. The summed E-state index contributed by atoms with van der Waals surface area (Å²) in [7, 11) is 1.72. The zero-order valence-electron chi connectivity index (χ0n) is 12.1. The summed E-state index contributed by atoms with van der Waals surface area (Å²) in [6.45, 7) is 3.47. The summed E-state index contributed by atoms with van der Waals surface area (Å²) >= 11 is 0. The van der Waals surface area contributed by atoms with Gasteiger partial charge in [-0.3, -0.25) is 0 Å². The Bertz CT molecular complexity index is 417. The van der Waals surface area contributed by atoms with Gasteiger partial charge in [0.25, 0.3) is 0 Å². The maximum atomic E-state index is 5.23. The Morgan fingerprint density at radius 1 is 1.26 bits per heavy atom. The van der Waals surface area contributed by atoms with Gasteiger partial charge in [0.1, 0.15) is 5.75 Å². The molecule has 0 saturated heterocycles. The second kappa shape index (κ2) is 5.16. The van der Waals surface area contributed by atoms with E-state index in [1.54, 1.807) is 7.11 Å². The lowest BCUT2D eigenvalue weighted by Crippen LogP contribution is -2.29. The standard InChI is InChI=1S/C17H25NO/c1-3-16(13-4-8-15(19-2)9-5-13)18-12-17(10-11-17)14-6-7-14/h4-5,8-9,14,16,18H,3,6-7,10-12H2,1-2H3. The molecule has 0 amide bonds. The first-order valence-electron chi connectivity index (χ1n) is 7.65. The minimum Gasteiger partial charge on any atom is -0.497 e. The second-order valence-corrected chi connectivity index (χ2v) is 6.25. The van der Waals surface area contributed by atoms with E-state index in [-0.39, 0.29) is 0 Å². The molecule has 1 aromatic carbocycles. The second-order valence-electron chi connectivity index (χ2n) is 6.25. The predicted octanol–water partition coefficient (Wildman–Crippen LogP) is 3.93. The molecule has 1 atom stereocenters. The van der Waals surface area contributed by atoms with Gasteiger partial charge < -0.3 is 10.1 Å². The average Bonchev–Trinajstić information content (AvgIpc) is 3.32. The van der Waals surface area contributed by atoms with Crippen molar-refractivity contribution in [1.29, 1.82) is 0 Å². The molecule has 2 aliphatic carbocycles. The summed E-state index contributed by atoms with van der Waals surface area (Å²) < 4.78 is 5.23. The Morgan fingerprint density at radius 2 is 1.95 bits per heavy atom. The zero-order valence-corrected chi connectivity index (χ0v) is 12.1. The highest BCUT2D eigenvalue weighted by atomic mass is 16.5. The van der Waals surface area contributed by atoms with Gasteiger partial charge in [0, 0.05) is 12.6 Å². The molecule has 0 heterocycles. The molecule has 1 unspecified atom stereocenters. The third-order valence-electron chi connectivity index (χ3n) is 4.96. The molecule has 2 heteroatoms. The first-order valence-corrected chi connectivity index (χ1v) is 7.65. The van der Waals surface area contributed by atoms with Crippen molar-refractivity contribution in [2.75, 3.05) is 13.7 Å². The molecule has 104 valence electrons. The van der Waals surface area contributed by atoms with Crippen LogP contribution in [0.15, 0.2) is 24.3 Å². The van der Waals surface area contributed by atoms with Crippen molar-refractivity contribution in [3.05, 3.63) is 29.8 Å². The van der Waals surface area contributed by atoms with Crippen LogP contribution in [0.4, 0.5) is 0 Å². The highest BCUT2D eigenvalue weighted by molar-refractivity contribution is 5.29. The van der Waals surface area contributed by atoms with E-state index in [9.17, 15) is 0 Å². The molecule has 1 N–H and O–H groups in total. The van der Waals surface area contributed by atoms with Crippen molar-refractivity contribution >= 4 is 0 Å². The lowest BCUT2D eigenvalue weighted by molar-refractivity contribution is 0.369. The number of methoxy groups -OCH3 is 1. The predicted molar refractivity (Wildman–Crippen MR) is 78.4 cm³/mol. The number of nitrogens with one attached hydrogen (secondary N) is 1. The van der Waals surface area contributed by atoms with Crippen LogP contribution in [-0.2, 0) is 0 Å². The van der Waals surface area contributed by atoms with Crippen LogP contribution in [0.1, 0.15) is 50.6 Å². The van der Waals surface area contributed by atoms with E-state index < -0.39 is 0 Å². The van der Waals surface area contributed by atoms with Gasteiger partial charge in [-0.25, -0.2) is 0 Å². The van der Waals surface area contributed by atoms with E-state index in [0.717, 1.165) is 18.1 Å². The van der Waals surface area contributed by atoms with Gasteiger partial charge in [-0.1, -0.05) is 19.1 Å². The van der Waals surface area contributed by atoms with E-state index >= 15 is 0 Å². The summed E-state index contributed by atoms with van der Waals surface area (Å²) in [6, 6.07) is 9.00. The minimum atomic E-state index is 0.488. The van der Waals surface area contributed by atoms with Crippen molar-refractivity contribution < 1.29 is 4.74 Å². The van der Waals surface area contributed by atoms with Crippen molar-refractivity contribution in [2.24, 2.45) is 11.3 Å². The lowest BCUT2D eigenvalue weighted by Gasteiger charge is -2.22. The number of hydrogen-bond acceptors (Lipinski definition) is 2. The molecule has 0 radical (unpaired) electrons. The number of rotatable bonds is 7. The molecule has 0 aromatic heterocycles. The van der Waals surface area contributed by atoms with Crippen LogP contribution in [0.25, 0.3) is 0 Å². The molecular formula is C17H25NO. The third kappa shape index (κ3) is 2.79. The average molecular weight is 259 g/mol. The topological polar surface area (TPSA) is 21.3 Å². The van der Waals surface area contributed by atoms with E-state index in [1.165, 1.54) is 37.8 Å². The lowest BCUT2D eigenvalue weighted by atomic mass is 9.98. The molecule has 0 bridgehead atoms. The minimum absolute atomic E-state index is 0.488. The van der Waals surface area contributed by atoms with Gasteiger partial charge in [0.15, 0.2) is 0 Å². The maximum absolute atomic E-state index is 5.23. The highest BCUT2D eigenvalue weighted by Gasteiger charge is 2.53. The molecule has 2 saturated carbocycles. The van der Waals surface area contributed by atoms with Gasteiger partial charge in [0.2, 0.25) is 0 Å². The van der Waals surface area contributed by atoms with Crippen LogP contribution in [0.3, 0.4) is 0 Å². The molecule has 0 aliphatic heterocycles. The van der Waals surface area contributed by atoms with Gasteiger partial charge in [0.05, 0.1) is 7.11 Å². The van der Waals surface area contributed by atoms with Crippen LogP contribution in [0.5, 0.6) is 5.75 Å². The molecule has 2 fully saturated rings. The van der Waals surface area contributed by atoms with Gasteiger partial charge in [-0.05, 0) is 61.1 Å². The van der Waals surface area contributed by atoms with Crippen LogP contribution < -0.4 is 10.1 Å². The van der Waals surface area contributed by atoms with E-state index in [1.807, 2.05) is 0 Å². The summed E-state index contributed by atoms with van der Waals surface area (Å²) in [4.78, 5) is 0. The Balaban J connectivity index is 1.60. The molecule has 3 rings (SSSR count). The molecular weight excluding hydrogens is 234 g/mol. The van der Waals surface area contributed by atoms with Crippen LogP contribution in [-0.4, -0.2) is 13.7 Å². The largest absolute Gasteiger partial charge is 0.497 e. The van der Waals surface area contributed by atoms with Gasteiger partial charge >= 0.3 is 0 Å². The number of ether oxygens (including phenoxy) is 1. The molecule has 19 heavy (non-hydrogen) atoms. The SMILES string of the molecule is CCC(NCC1(C2CC2)CC1)c1ccc(OC)cc1. The Hall–Kier alpha value is -1.02. The maximum Gasteiger partial charge on any atom is 0.118 e. The van der Waals surface area contributed by atoms with Crippen molar-refractivity contribution in [3.63, 3.8) is 0 Å². The summed E-state index contributed by atoms with van der Waals surface area (Å²) in [5.41, 5.74) is 2.06. The fourth-order valence-electron chi connectivity index (χ4n) is 3.25. The zero-order chi connectivity index (χ0) is 13.3. The summed E-state index contributed by atoms with van der Waals surface area (Å²) in [5, 5.41) is 3.81. The molecule has 0 spiro atoms. The van der Waals surface area contributed by atoms with Crippen molar-refractivity contribution in [3.8, 4) is 5.75 Å². The normalized spacial score (nSPS) is 22.0. The van der Waals surface area contributed by atoms with E-state index in [2.05, 4.69) is 36.5 Å². The van der Waals surface area contributed by atoms with Crippen LogP contribution in [0.2, 0.25) is 0 Å². The van der Waals surface area contributed by atoms with Crippen molar-refractivity contribution in [2.45, 2.75) is 45.1 Å². The fourth-order valence-corrected chi connectivity index (χ4v) is 3.25. The van der Waals surface area contributed by atoms with Gasteiger partial charge in [-0.15, -0.1) is 0 Å². The number of hydrogen-bond donors (Lipinski definition) is 1. The van der Waals surface area contributed by atoms with E-state index in [4.69, 9.17) is 4.74 Å². The van der Waals surface area contributed by atoms with Crippen LogP contribution in [0, 0.1) is 11.3 Å². The molecule has 2 aliphatic rings.